The molecule has 0 amide bonds. The summed E-state index contributed by atoms with van der Waals surface area (Å²) in [4.78, 5) is 1.85. The zero-order valence-corrected chi connectivity index (χ0v) is 10.0. The number of hydrogen-bond donors (Lipinski definition) is 1. The molecular formula is C14H14F2N2. The minimum Gasteiger partial charge on any atom is -0.397 e. The van der Waals surface area contributed by atoms with Crippen LogP contribution in [0.4, 0.5) is 20.2 Å². The second kappa shape index (κ2) is 5.04. The average molecular weight is 248 g/mol. The van der Waals surface area contributed by atoms with Crippen molar-refractivity contribution >= 4 is 11.4 Å². The first-order chi connectivity index (χ1) is 8.56. The first-order valence-corrected chi connectivity index (χ1v) is 5.57. The highest BCUT2D eigenvalue weighted by molar-refractivity contribution is 5.67. The van der Waals surface area contributed by atoms with Gasteiger partial charge in [0, 0.05) is 13.6 Å². The van der Waals surface area contributed by atoms with E-state index >= 15 is 0 Å². The van der Waals surface area contributed by atoms with Crippen LogP contribution in [0.15, 0.2) is 42.5 Å². The van der Waals surface area contributed by atoms with E-state index in [0.29, 0.717) is 12.2 Å². The van der Waals surface area contributed by atoms with Gasteiger partial charge < -0.3 is 10.6 Å². The Morgan fingerprint density at radius 1 is 1.06 bits per heavy atom. The van der Waals surface area contributed by atoms with Crippen LogP contribution in [0.3, 0.4) is 0 Å². The van der Waals surface area contributed by atoms with E-state index in [4.69, 9.17) is 5.73 Å². The number of nitrogen functional groups attached to an aromatic ring is 1. The van der Waals surface area contributed by atoms with Crippen molar-refractivity contribution in [3.05, 3.63) is 59.7 Å². The van der Waals surface area contributed by atoms with Gasteiger partial charge in [-0.1, -0.05) is 12.1 Å². The molecule has 0 saturated heterocycles. The van der Waals surface area contributed by atoms with Crippen molar-refractivity contribution in [3.63, 3.8) is 0 Å². The molecule has 2 N–H and O–H groups in total. The van der Waals surface area contributed by atoms with Crippen molar-refractivity contribution in [1.29, 1.82) is 0 Å². The maximum Gasteiger partial charge on any atom is 0.125 e. The summed E-state index contributed by atoms with van der Waals surface area (Å²) in [5.41, 5.74) is 7.68. The van der Waals surface area contributed by atoms with Gasteiger partial charge in [-0.25, -0.2) is 8.78 Å². The lowest BCUT2D eigenvalue weighted by atomic mass is 10.2. The van der Waals surface area contributed by atoms with Crippen molar-refractivity contribution in [2.75, 3.05) is 17.7 Å². The van der Waals surface area contributed by atoms with E-state index in [9.17, 15) is 8.78 Å². The van der Waals surface area contributed by atoms with Gasteiger partial charge >= 0.3 is 0 Å². The summed E-state index contributed by atoms with van der Waals surface area (Å²) >= 11 is 0. The van der Waals surface area contributed by atoms with Crippen LogP contribution in [-0.2, 0) is 6.54 Å². The third-order valence-corrected chi connectivity index (χ3v) is 2.71. The number of hydrogen-bond acceptors (Lipinski definition) is 2. The van der Waals surface area contributed by atoms with Crippen LogP contribution in [-0.4, -0.2) is 7.05 Å². The topological polar surface area (TPSA) is 29.3 Å². The highest BCUT2D eigenvalue weighted by Crippen LogP contribution is 2.24. The Morgan fingerprint density at radius 2 is 1.78 bits per heavy atom. The van der Waals surface area contributed by atoms with Gasteiger partial charge in [0.25, 0.3) is 0 Å². The molecule has 0 saturated carbocycles. The molecule has 2 aromatic rings. The van der Waals surface area contributed by atoms with E-state index in [-0.39, 0.29) is 11.6 Å². The van der Waals surface area contributed by atoms with Crippen molar-refractivity contribution in [3.8, 4) is 0 Å². The van der Waals surface area contributed by atoms with Gasteiger partial charge in [-0.3, -0.25) is 0 Å². The van der Waals surface area contributed by atoms with E-state index in [1.807, 2.05) is 18.0 Å². The SMILES string of the molecule is CN(Cc1cccc(F)c1)c1ccc(F)cc1N. The molecule has 0 bridgehead atoms. The van der Waals surface area contributed by atoms with Crippen LogP contribution in [0.2, 0.25) is 0 Å². The summed E-state index contributed by atoms with van der Waals surface area (Å²) < 4.78 is 26.0. The second-order valence-electron chi connectivity index (χ2n) is 4.19. The van der Waals surface area contributed by atoms with Gasteiger partial charge in [0.05, 0.1) is 11.4 Å². The number of nitrogens with zero attached hydrogens (tertiary/aromatic N) is 1. The lowest BCUT2D eigenvalue weighted by molar-refractivity contribution is 0.625. The quantitative estimate of drug-likeness (QED) is 0.845. The van der Waals surface area contributed by atoms with Gasteiger partial charge in [-0.2, -0.15) is 0 Å². The summed E-state index contributed by atoms with van der Waals surface area (Å²) in [6.45, 7) is 0.508. The minimum absolute atomic E-state index is 0.270. The van der Waals surface area contributed by atoms with Crippen molar-refractivity contribution in [1.82, 2.24) is 0 Å². The molecule has 0 spiro atoms. The Kier molecular flexibility index (Phi) is 3.46. The van der Waals surface area contributed by atoms with E-state index in [0.717, 1.165) is 11.3 Å². The fourth-order valence-corrected chi connectivity index (χ4v) is 1.87. The van der Waals surface area contributed by atoms with Gasteiger partial charge in [0.1, 0.15) is 11.6 Å². The van der Waals surface area contributed by atoms with E-state index in [1.54, 1.807) is 12.1 Å². The maximum atomic E-state index is 13.1. The molecule has 0 fully saturated rings. The van der Waals surface area contributed by atoms with Crippen LogP contribution in [0, 0.1) is 11.6 Å². The fourth-order valence-electron chi connectivity index (χ4n) is 1.87. The third kappa shape index (κ3) is 2.77. The highest BCUT2D eigenvalue weighted by atomic mass is 19.1. The first-order valence-electron chi connectivity index (χ1n) is 5.57. The normalized spacial score (nSPS) is 10.4. The highest BCUT2D eigenvalue weighted by Gasteiger charge is 2.07. The molecule has 2 aromatic carbocycles. The molecule has 0 aromatic heterocycles. The molecule has 18 heavy (non-hydrogen) atoms. The van der Waals surface area contributed by atoms with Gasteiger partial charge in [0.2, 0.25) is 0 Å². The zero-order valence-electron chi connectivity index (χ0n) is 10.0. The molecule has 4 heteroatoms. The zero-order chi connectivity index (χ0) is 13.1. The Labute approximate surface area is 105 Å². The molecule has 0 heterocycles. The molecule has 0 aliphatic heterocycles. The number of benzene rings is 2. The predicted molar refractivity (Wildman–Crippen MR) is 69.3 cm³/mol. The second-order valence-corrected chi connectivity index (χ2v) is 4.19. The summed E-state index contributed by atoms with van der Waals surface area (Å²) in [7, 11) is 1.83. The van der Waals surface area contributed by atoms with Gasteiger partial charge in [0.15, 0.2) is 0 Å². The molecular weight excluding hydrogens is 234 g/mol. The molecule has 2 rings (SSSR count). The third-order valence-electron chi connectivity index (χ3n) is 2.71. The minimum atomic E-state index is -0.365. The van der Waals surface area contributed by atoms with Gasteiger partial charge in [-0.05, 0) is 35.9 Å². The average Bonchev–Trinajstić information content (AvgIpc) is 2.28. The molecule has 0 radical (unpaired) electrons. The first kappa shape index (κ1) is 12.4. The number of nitrogens with two attached hydrogens (primary N) is 1. The van der Waals surface area contributed by atoms with Crippen LogP contribution >= 0.6 is 0 Å². The molecule has 0 aliphatic carbocycles. The lowest BCUT2D eigenvalue weighted by Gasteiger charge is -2.21. The standard InChI is InChI=1S/C14H14F2N2/c1-18(9-10-3-2-4-11(15)7-10)14-6-5-12(16)8-13(14)17/h2-8H,9,17H2,1H3. The Hall–Kier alpha value is -2.10. The smallest absolute Gasteiger partial charge is 0.125 e. The monoisotopic (exact) mass is 248 g/mol. The largest absolute Gasteiger partial charge is 0.397 e. The molecule has 0 unspecified atom stereocenters. The number of anilines is 2. The Morgan fingerprint density at radius 3 is 2.44 bits per heavy atom. The van der Waals surface area contributed by atoms with Gasteiger partial charge in [-0.15, -0.1) is 0 Å². The van der Waals surface area contributed by atoms with Crippen molar-refractivity contribution in [2.24, 2.45) is 0 Å². The molecule has 94 valence electrons. The van der Waals surface area contributed by atoms with E-state index < -0.39 is 0 Å². The molecule has 0 aliphatic rings. The maximum absolute atomic E-state index is 13.1. The fraction of sp³-hybridized carbons (Fsp3) is 0.143. The summed E-state index contributed by atoms with van der Waals surface area (Å²) in [5, 5.41) is 0. The van der Waals surface area contributed by atoms with Crippen LogP contribution in [0.25, 0.3) is 0 Å². The number of halogens is 2. The molecule has 0 atom stereocenters. The van der Waals surface area contributed by atoms with Crippen molar-refractivity contribution < 1.29 is 8.78 Å². The Bertz CT molecular complexity index is 555. The van der Waals surface area contributed by atoms with Crippen LogP contribution in [0.5, 0.6) is 0 Å². The molecule has 2 nitrogen and oxygen atoms in total. The lowest BCUT2D eigenvalue weighted by Crippen LogP contribution is -2.17. The van der Waals surface area contributed by atoms with Crippen LogP contribution < -0.4 is 10.6 Å². The van der Waals surface area contributed by atoms with Crippen LogP contribution in [0.1, 0.15) is 5.56 Å². The Balaban J connectivity index is 2.19. The van der Waals surface area contributed by atoms with E-state index in [1.165, 1.54) is 24.3 Å². The predicted octanol–water partition coefficient (Wildman–Crippen LogP) is 3.18. The summed E-state index contributed by atoms with van der Waals surface area (Å²) in [5.74, 6) is -0.636. The van der Waals surface area contributed by atoms with Crippen molar-refractivity contribution in [2.45, 2.75) is 6.54 Å². The summed E-state index contributed by atoms with van der Waals surface area (Å²) in [6.07, 6.45) is 0. The number of rotatable bonds is 3. The summed E-state index contributed by atoms with van der Waals surface area (Å²) in [6, 6.07) is 10.6. The van der Waals surface area contributed by atoms with E-state index in [2.05, 4.69) is 0 Å².